The summed E-state index contributed by atoms with van der Waals surface area (Å²) in [5.74, 6) is 1.95. The molecule has 1 fully saturated rings. The first kappa shape index (κ1) is 22.7. The van der Waals surface area contributed by atoms with E-state index in [1.807, 2.05) is 19.2 Å². The highest BCUT2D eigenvalue weighted by atomic mass is 35.5. The summed E-state index contributed by atoms with van der Waals surface area (Å²) in [6.07, 6.45) is 5.34. The summed E-state index contributed by atoms with van der Waals surface area (Å²) in [5.41, 5.74) is 7.98. The van der Waals surface area contributed by atoms with Gasteiger partial charge in [0.1, 0.15) is 17.0 Å². The van der Waals surface area contributed by atoms with Crippen LogP contribution in [-0.4, -0.2) is 29.3 Å². The van der Waals surface area contributed by atoms with Gasteiger partial charge in [-0.2, -0.15) is 4.98 Å². The summed E-state index contributed by atoms with van der Waals surface area (Å²) in [7, 11) is 3.62. The number of allylic oxidation sites excluding steroid dienone is 1. The van der Waals surface area contributed by atoms with Crippen LogP contribution in [0.1, 0.15) is 24.0 Å². The quantitative estimate of drug-likeness (QED) is 0.265. The monoisotopic (exact) mass is 488 g/mol. The van der Waals surface area contributed by atoms with E-state index in [0.29, 0.717) is 28.4 Å². The zero-order valence-electron chi connectivity index (χ0n) is 19.6. The maximum atomic E-state index is 6.24. The zero-order chi connectivity index (χ0) is 24.4. The standard InChI is InChI=1S/C26H25ClN6O2/c1-15-12-21(30-26-29-14-20(27)25(32-26)31-23-10-11-35-33-23)22(34-3)13-19(15)16-4-6-17(7-5-16)24(28-2)18-8-9-18/h4-7,10-14,28H,8-9H2,1-3H3,(H2,29,30,31,32,33). The molecule has 0 aliphatic heterocycles. The minimum atomic E-state index is 0.360. The van der Waals surface area contributed by atoms with Gasteiger partial charge in [0.15, 0.2) is 11.6 Å². The molecule has 35 heavy (non-hydrogen) atoms. The molecule has 9 heteroatoms. The molecule has 0 amide bonds. The molecule has 8 nitrogen and oxygen atoms in total. The second-order valence-corrected chi connectivity index (χ2v) is 8.61. The van der Waals surface area contributed by atoms with Gasteiger partial charge in [0.25, 0.3) is 0 Å². The second kappa shape index (κ2) is 9.68. The molecule has 0 radical (unpaired) electrons. The average molecular weight is 489 g/mol. The molecule has 1 aliphatic carbocycles. The molecule has 3 N–H and O–H groups in total. The van der Waals surface area contributed by atoms with Crippen molar-refractivity contribution < 1.29 is 9.26 Å². The Morgan fingerprint density at radius 2 is 1.89 bits per heavy atom. The van der Waals surface area contributed by atoms with Gasteiger partial charge in [0.05, 0.1) is 19.0 Å². The number of aromatic nitrogens is 3. The average Bonchev–Trinajstić information content (AvgIpc) is 3.57. The van der Waals surface area contributed by atoms with Crippen molar-refractivity contribution >= 4 is 40.6 Å². The number of nitrogens with zero attached hydrogens (tertiary/aromatic N) is 3. The molecular formula is C26H25ClN6O2. The van der Waals surface area contributed by atoms with Crippen LogP contribution in [-0.2, 0) is 0 Å². The molecule has 2 heterocycles. The van der Waals surface area contributed by atoms with Crippen molar-refractivity contribution in [3.05, 3.63) is 76.6 Å². The number of hydrogen-bond acceptors (Lipinski definition) is 8. The minimum Gasteiger partial charge on any atom is -0.495 e. The highest BCUT2D eigenvalue weighted by molar-refractivity contribution is 6.32. The molecule has 0 saturated heterocycles. The Balaban J connectivity index is 1.41. The van der Waals surface area contributed by atoms with Gasteiger partial charge in [-0.25, -0.2) is 4.98 Å². The van der Waals surface area contributed by atoms with Gasteiger partial charge in [-0.15, -0.1) is 0 Å². The number of aryl methyl sites for hydroxylation is 1. The van der Waals surface area contributed by atoms with Crippen LogP contribution in [0.5, 0.6) is 5.75 Å². The van der Waals surface area contributed by atoms with Crippen LogP contribution in [0.25, 0.3) is 16.8 Å². The fourth-order valence-corrected chi connectivity index (χ4v) is 4.09. The lowest BCUT2D eigenvalue weighted by atomic mass is 9.97. The highest BCUT2D eigenvalue weighted by Gasteiger charge is 2.18. The van der Waals surface area contributed by atoms with E-state index < -0.39 is 0 Å². The van der Waals surface area contributed by atoms with Gasteiger partial charge in [-0.3, -0.25) is 0 Å². The Hall–Kier alpha value is -4.04. The third-order valence-corrected chi connectivity index (χ3v) is 6.09. The Bertz CT molecular complexity index is 1380. The Morgan fingerprint density at radius 1 is 1.09 bits per heavy atom. The molecule has 0 unspecified atom stereocenters. The van der Waals surface area contributed by atoms with Gasteiger partial charge in [0, 0.05) is 18.8 Å². The number of ether oxygens (including phenoxy) is 1. The van der Waals surface area contributed by atoms with Gasteiger partial charge in [-0.1, -0.05) is 41.0 Å². The van der Waals surface area contributed by atoms with Gasteiger partial charge in [0.2, 0.25) is 5.95 Å². The number of nitrogens with one attached hydrogen (secondary N) is 3. The number of halogens is 1. The van der Waals surface area contributed by atoms with Crippen LogP contribution in [0.15, 0.2) is 65.0 Å². The van der Waals surface area contributed by atoms with Crippen molar-refractivity contribution in [2.24, 2.45) is 0 Å². The van der Waals surface area contributed by atoms with Crippen LogP contribution in [0.2, 0.25) is 5.02 Å². The van der Waals surface area contributed by atoms with E-state index in [2.05, 4.69) is 62.3 Å². The number of methoxy groups -OCH3 is 1. The van der Waals surface area contributed by atoms with E-state index in [1.54, 1.807) is 13.2 Å². The van der Waals surface area contributed by atoms with Crippen molar-refractivity contribution in [1.82, 2.24) is 20.4 Å². The molecule has 4 aromatic rings. The molecule has 5 rings (SSSR count). The first-order chi connectivity index (χ1) is 17.1. The predicted octanol–water partition coefficient (Wildman–Crippen LogP) is 6.31. The van der Waals surface area contributed by atoms with E-state index in [-0.39, 0.29) is 0 Å². The Morgan fingerprint density at radius 3 is 2.54 bits per heavy atom. The predicted molar refractivity (Wildman–Crippen MR) is 138 cm³/mol. The van der Waals surface area contributed by atoms with E-state index >= 15 is 0 Å². The van der Waals surface area contributed by atoms with Gasteiger partial charge in [-0.05, 0) is 59.7 Å². The van der Waals surface area contributed by atoms with E-state index in [0.717, 1.165) is 22.4 Å². The largest absolute Gasteiger partial charge is 0.495 e. The third kappa shape index (κ3) is 4.93. The fourth-order valence-electron chi connectivity index (χ4n) is 3.95. The minimum absolute atomic E-state index is 0.360. The smallest absolute Gasteiger partial charge is 0.229 e. The summed E-state index contributed by atoms with van der Waals surface area (Å²) in [6, 6.07) is 14.3. The normalized spacial score (nSPS) is 12.3. The van der Waals surface area contributed by atoms with Crippen LogP contribution < -0.4 is 20.7 Å². The van der Waals surface area contributed by atoms with E-state index in [4.69, 9.17) is 20.9 Å². The van der Waals surface area contributed by atoms with Crippen molar-refractivity contribution in [2.75, 3.05) is 24.8 Å². The second-order valence-electron chi connectivity index (χ2n) is 8.20. The van der Waals surface area contributed by atoms with Crippen molar-refractivity contribution in [3.63, 3.8) is 0 Å². The van der Waals surface area contributed by atoms with E-state index in [1.165, 1.54) is 42.1 Å². The van der Waals surface area contributed by atoms with Crippen molar-refractivity contribution in [3.8, 4) is 16.9 Å². The maximum Gasteiger partial charge on any atom is 0.229 e. The first-order valence-electron chi connectivity index (χ1n) is 11.2. The summed E-state index contributed by atoms with van der Waals surface area (Å²) in [4.78, 5) is 8.77. The van der Waals surface area contributed by atoms with Crippen LogP contribution >= 0.6 is 11.6 Å². The third-order valence-electron chi connectivity index (χ3n) is 5.81. The Kier molecular flexibility index (Phi) is 6.29. The topological polar surface area (TPSA) is 97.1 Å². The van der Waals surface area contributed by atoms with E-state index in [9.17, 15) is 0 Å². The molecule has 178 valence electrons. The summed E-state index contributed by atoms with van der Waals surface area (Å²) in [5, 5.41) is 13.8. The lowest BCUT2D eigenvalue weighted by molar-refractivity contribution is 0.417. The highest BCUT2D eigenvalue weighted by Crippen LogP contribution is 2.38. The summed E-state index contributed by atoms with van der Waals surface area (Å²) in [6.45, 7) is 2.07. The van der Waals surface area contributed by atoms with Crippen molar-refractivity contribution in [1.29, 1.82) is 0 Å². The molecule has 1 saturated carbocycles. The molecule has 0 bridgehead atoms. The van der Waals surface area contributed by atoms with Gasteiger partial charge >= 0.3 is 0 Å². The van der Waals surface area contributed by atoms with Gasteiger partial charge < -0.3 is 25.2 Å². The lowest BCUT2D eigenvalue weighted by Gasteiger charge is -2.16. The molecular weight excluding hydrogens is 464 g/mol. The maximum absolute atomic E-state index is 6.24. The molecule has 2 aromatic heterocycles. The van der Waals surface area contributed by atoms with Crippen molar-refractivity contribution in [2.45, 2.75) is 19.8 Å². The number of anilines is 4. The molecule has 2 aromatic carbocycles. The van der Waals surface area contributed by atoms with Crippen LogP contribution in [0.3, 0.4) is 0 Å². The summed E-state index contributed by atoms with van der Waals surface area (Å²) < 4.78 is 10.5. The molecule has 0 spiro atoms. The van der Waals surface area contributed by atoms with Crippen LogP contribution in [0, 0.1) is 6.92 Å². The molecule has 1 aliphatic rings. The van der Waals surface area contributed by atoms with Crippen LogP contribution in [0.4, 0.5) is 23.3 Å². The number of rotatable bonds is 8. The fraction of sp³-hybridized carbons (Fsp3) is 0.192. The number of benzene rings is 2. The lowest BCUT2D eigenvalue weighted by Crippen LogP contribution is -2.04. The Labute approximate surface area is 208 Å². The zero-order valence-corrected chi connectivity index (χ0v) is 20.4. The first-order valence-corrected chi connectivity index (χ1v) is 11.6. The summed E-state index contributed by atoms with van der Waals surface area (Å²) >= 11 is 6.24. The SMILES string of the molecule is CNC(=C1CC1)c1ccc(-c2cc(OC)c(Nc3ncc(Cl)c(Nc4ccon4)n3)cc2C)cc1. The molecule has 0 atom stereocenters. The number of hydrogen-bond donors (Lipinski definition) is 3.